The SMILES string of the molecule is CN(C)C1CCN(C(=O)O)CC1.COc1ccc(C2CCC(CN(C(=O)C3CCCCC3)c3cc(-c4coc(C5CC5)n4)ccn3)CC2)nc1C. The maximum absolute atomic E-state index is 13.9. The van der Waals surface area contributed by atoms with Gasteiger partial charge >= 0.3 is 6.09 Å². The molecule has 3 aromatic heterocycles. The monoisotopic (exact) mass is 700 g/mol. The van der Waals surface area contributed by atoms with Gasteiger partial charge in [0, 0.05) is 60.9 Å². The average Bonchev–Trinajstić information content (AvgIpc) is 3.90. The Balaban J connectivity index is 0.000000318. The average molecular weight is 701 g/mol. The van der Waals surface area contributed by atoms with Crippen LogP contribution in [0.5, 0.6) is 5.75 Å². The van der Waals surface area contributed by atoms with Gasteiger partial charge in [-0.15, -0.1) is 0 Å². The van der Waals surface area contributed by atoms with E-state index in [9.17, 15) is 9.59 Å². The van der Waals surface area contributed by atoms with Gasteiger partial charge in [-0.05, 0) is 115 Å². The number of aromatic nitrogens is 3. The van der Waals surface area contributed by atoms with E-state index in [4.69, 9.17) is 29.2 Å². The standard InChI is InChI=1S/C32H40N4O3.C8H16N2O2/c1-21-29(38-2)15-14-27(34-21)23-10-8-22(9-11-23)19-36(32(37)25-6-4-3-5-7-25)30-18-26(16-17-33-30)28-20-39-31(35-28)24-12-13-24;1-9(2)7-3-5-10(6-4-7)8(11)12/h14-18,20,22-25H,3-13,19H2,1-2H3;7H,3-6H2,1-2H3,(H,11,12). The number of ether oxygens (including phenoxy) is 1. The van der Waals surface area contributed by atoms with Crippen LogP contribution in [0.25, 0.3) is 11.3 Å². The summed E-state index contributed by atoms with van der Waals surface area (Å²) in [6, 6.07) is 8.71. The predicted molar refractivity (Wildman–Crippen MR) is 197 cm³/mol. The molecule has 11 nitrogen and oxygen atoms in total. The number of nitrogens with zero attached hydrogens (tertiary/aromatic N) is 6. The third kappa shape index (κ3) is 9.47. The molecule has 3 aromatic rings. The number of pyridine rings is 2. The Morgan fingerprint density at radius 2 is 1.63 bits per heavy atom. The number of amides is 2. The Morgan fingerprint density at radius 3 is 2.25 bits per heavy atom. The minimum Gasteiger partial charge on any atom is -0.495 e. The minimum atomic E-state index is -0.785. The fourth-order valence-electron chi connectivity index (χ4n) is 8.01. The molecule has 1 aliphatic heterocycles. The smallest absolute Gasteiger partial charge is 0.407 e. The predicted octanol–water partition coefficient (Wildman–Crippen LogP) is 7.90. The van der Waals surface area contributed by atoms with Gasteiger partial charge in [0.2, 0.25) is 5.91 Å². The molecule has 0 aromatic carbocycles. The van der Waals surface area contributed by atoms with Gasteiger partial charge in [-0.3, -0.25) is 14.7 Å². The number of methoxy groups -OCH3 is 1. The maximum Gasteiger partial charge on any atom is 0.407 e. The van der Waals surface area contributed by atoms with Crippen LogP contribution in [0, 0.1) is 18.8 Å². The number of likely N-dealkylation sites (tertiary alicyclic amines) is 1. The number of rotatable bonds is 9. The molecule has 0 atom stereocenters. The van der Waals surface area contributed by atoms with Gasteiger partial charge in [0.1, 0.15) is 23.5 Å². The topological polar surface area (TPSA) is 125 Å². The zero-order chi connectivity index (χ0) is 35.9. The van der Waals surface area contributed by atoms with Crippen molar-refractivity contribution >= 4 is 17.8 Å². The van der Waals surface area contributed by atoms with Crippen molar-refractivity contribution in [3.63, 3.8) is 0 Å². The normalized spacial score (nSPS) is 21.5. The number of hydrogen-bond donors (Lipinski definition) is 1. The number of carbonyl (C=O) groups excluding carboxylic acids is 1. The number of anilines is 1. The summed E-state index contributed by atoms with van der Waals surface area (Å²) in [5, 5.41) is 8.68. The van der Waals surface area contributed by atoms with Crippen LogP contribution < -0.4 is 9.64 Å². The summed E-state index contributed by atoms with van der Waals surface area (Å²) >= 11 is 0. The second kappa shape index (κ2) is 17.0. The van der Waals surface area contributed by atoms with Crippen molar-refractivity contribution in [2.24, 2.45) is 11.8 Å². The zero-order valence-corrected chi connectivity index (χ0v) is 30.9. The molecule has 0 radical (unpaired) electrons. The Labute approximate surface area is 302 Å². The minimum absolute atomic E-state index is 0.0977. The summed E-state index contributed by atoms with van der Waals surface area (Å²) in [4.78, 5) is 44.4. The van der Waals surface area contributed by atoms with Gasteiger partial charge in [-0.2, -0.15) is 0 Å². The van der Waals surface area contributed by atoms with E-state index < -0.39 is 6.09 Å². The molecule has 0 spiro atoms. The molecule has 3 saturated carbocycles. The molecule has 51 heavy (non-hydrogen) atoms. The first kappa shape index (κ1) is 36.8. The first-order valence-corrected chi connectivity index (χ1v) is 19.1. The van der Waals surface area contributed by atoms with E-state index in [0.717, 1.165) is 124 Å². The number of hydrogen-bond acceptors (Lipinski definition) is 8. The quantitative estimate of drug-likeness (QED) is 0.237. The van der Waals surface area contributed by atoms with E-state index in [0.29, 0.717) is 36.9 Å². The van der Waals surface area contributed by atoms with Crippen LogP contribution in [0.15, 0.2) is 41.1 Å². The Kier molecular flexibility index (Phi) is 12.3. The summed E-state index contributed by atoms with van der Waals surface area (Å²) in [5.74, 6) is 4.14. The number of piperidine rings is 1. The summed E-state index contributed by atoms with van der Waals surface area (Å²) < 4.78 is 11.1. The van der Waals surface area contributed by atoms with Crippen LogP contribution in [0.4, 0.5) is 10.6 Å². The van der Waals surface area contributed by atoms with E-state index in [1.165, 1.54) is 11.3 Å². The molecule has 4 heterocycles. The molecule has 1 saturated heterocycles. The van der Waals surface area contributed by atoms with Crippen molar-refractivity contribution in [2.75, 3.05) is 45.7 Å². The van der Waals surface area contributed by atoms with Crippen LogP contribution in [0.1, 0.15) is 113 Å². The van der Waals surface area contributed by atoms with E-state index in [1.807, 2.05) is 50.3 Å². The van der Waals surface area contributed by atoms with E-state index in [1.54, 1.807) is 13.4 Å². The zero-order valence-electron chi connectivity index (χ0n) is 30.9. The number of carbonyl (C=O) groups is 2. The molecule has 276 valence electrons. The van der Waals surface area contributed by atoms with Gasteiger partial charge in [0.15, 0.2) is 5.89 Å². The highest BCUT2D eigenvalue weighted by Gasteiger charge is 2.33. The van der Waals surface area contributed by atoms with Gasteiger partial charge < -0.3 is 24.1 Å². The summed E-state index contributed by atoms with van der Waals surface area (Å²) in [5.41, 5.74) is 3.90. The first-order valence-electron chi connectivity index (χ1n) is 19.1. The van der Waals surface area contributed by atoms with Crippen LogP contribution in [-0.4, -0.2) is 88.7 Å². The Morgan fingerprint density at radius 1 is 0.922 bits per heavy atom. The van der Waals surface area contributed by atoms with Crippen LogP contribution in [-0.2, 0) is 4.79 Å². The molecule has 2 amide bonds. The lowest BCUT2D eigenvalue weighted by Crippen LogP contribution is -2.43. The Hall–Kier alpha value is -3.99. The van der Waals surface area contributed by atoms with Crippen molar-refractivity contribution in [1.29, 1.82) is 0 Å². The molecule has 4 aliphatic rings. The molecule has 7 rings (SSSR count). The largest absolute Gasteiger partial charge is 0.495 e. The van der Waals surface area contributed by atoms with Crippen molar-refractivity contribution in [1.82, 2.24) is 24.8 Å². The summed E-state index contributed by atoms with van der Waals surface area (Å²) in [7, 11) is 5.78. The van der Waals surface area contributed by atoms with E-state index >= 15 is 0 Å². The molecule has 0 unspecified atom stereocenters. The second-order valence-corrected chi connectivity index (χ2v) is 15.2. The van der Waals surface area contributed by atoms with Gasteiger partial charge in [0.25, 0.3) is 0 Å². The maximum atomic E-state index is 13.9. The third-order valence-corrected chi connectivity index (χ3v) is 11.4. The number of aryl methyl sites for hydroxylation is 1. The molecule has 4 fully saturated rings. The van der Waals surface area contributed by atoms with Crippen LogP contribution in [0.3, 0.4) is 0 Å². The van der Waals surface area contributed by atoms with Crippen molar-refractivity contribution < 1.29 is 23.8 Å². The molecular formula is C40H56N6O5. The van der Waals surface area contributed by atoms with Gasteiger partial charge in [0.05, 0.1) is 12.8 Å². The van der Waals surface area contributed by atoms with Crippen LogP contribution >= 0.6 is 0 Å². The lowest BCUT2D eigenvalue weighted by atomic mass is 9.79. The summed E-state index contributed by atoms with van der Waals surface area (Å²) in [6.07, 6.45) is 16.8. The lowest BCUT2D eigenvalue weighted by Gasteiger charge is -2.34. The fraction of sp³-hybridized carbons (Fsp3) is 0.625. The van der Waals surface area contributed by atoms with Gasteiger partial charge in [-0.25, -0.2) is 14.8 Å². The highest BCUT2D eigenvalue weighted by atomic mass is 16.5. The first-order chi connectivity index (χ1) is 24.7. The van der Waals surface area contributed by atoms with E-state index in [2.05, 4.69) is 11.0 Å². The van der Waals surface area contributed by atoms with Crippen molar-refractivity contribution in [2.45, 2.75) is 108 Å². The highest BCUT2D eigenvalue weighted by molar-refractivity contribution is 5.94. The third-order valence-electron chi connectivity index (χ3n) is 11.4. The molecule has 0 bridgehead atoms. The number of carboxylic acid groups (broad SMARTS) is 1. The lowest BCUT2D eigenvalue weighted by molar-refractivity contribution is -0.123. The van der Waals surface area contributed by atoms with Crippen LogP contribution in [0.2, 0.25) is 0 Å². The summed E-state index contributed by atoms with van der Waals surface area (Å²) in [6.45, 7) is 4.09. The van der Waals surface area contributed by atoms with Crippen molar-refractivity contribution in [3.05, 3.63) is 54.0 Å². The van der Waals surface area contributed by atoms with Gasteiger partial charge in [-0.1, -0.05) is 19.3 Å². The van der Waals surface area contributed by atoms with Crippen molar-refractivity contribution in [3.8, 4) is 17.0 Å². The molecule has 3 aliphatic carbocycles. The number of oxazole rings is 1. The Bertz CT molecular complexity index is 1600. The second-order valence-electron chi connectivity index (χ2n) is 15.2. The van der Waals surface area contributed by atoms with E-state index in [-0.39, 0.29) is 11.8 Å². The molecular weight excluding hydrogens is 644 g/mol. The highest BCUT2D eigenvalue weighted by Crippen LogP contribution is 2.41. The molecule has 1 N–H and O–H groups in total. The molecule has 11 heteroatoms. The fourth-order valence-corrected chi connectivity index (χ4v) is 8.01.